The Balaban J connectivity index is 1.33. The number of allylic oxidation sites excluding steroid dienone is 2. The molecule has 4 atom stereocenters. The van der Waals surface area contributed by atoms with Crippen LogP contribution in [0.25, 0.3) is 11.3 Å². The van der Waals surface area contributed by atoms with Crippen molar-refractivity contribution in [2.45, 2.75) is 12.8 Å². The number of imide groups is 1. The Hall–Kier alpha value is -3.48. The molecule has 6 rings (SSSR count). The number of hydrogen-bond donors (Lipinski definition) is 0. The van der Waals surface area contributed by atoms with Crippen LogP contribution in [0, 0.1) is 23.7 Å². The van der Waals surface area contributed by atoms with E-state index in [-0.39, 0.29) is 35.5 Å². The minimum atomic E-state index is -0.405. The van der Waals surface area contributed by atoms with E-state index in [0.717, 1.165) is 23.4 Å². The van der Waals surface area contributed by atoms with Gasteiger partial charge in [-0.2, -0.15) is 10.1 Å². The van der Waals surface area contributed by atoms with Crippen molar-refractivity contribution in [2.24, 2.45) is 28.8 Å². The summed E-state index contributed by atoms with van der Waals surface area (Å²) in [6.07, 6.45) is 7.47. The quantitative estimate of drug-likeness (QED) is 0.338. The first kappa shape index (κ1) is 18.5. The maximum atomic E-state index is 12.8. The first-order chi connectivity index (χ1) is 14.6. The molecular weight excluding hydrogens is 384 g/mol. The number of esters is 1. The van der Waals surface area contributed by atoms with Gasteiger partial charge in [0.1, 0.15) is 11.5 Å². The van der Waals surface area contributed by atoms with Gasteiger partial charge in [0.05, 0.1) is 30.7 Å². The van der Waals surface area contributed by atoms with Crippen LogP contribution in [-0.2, 0) is 14.3 Å². The molecule has 1 saturated heterocycles. The maximum absolute atomic E-state index is 12.8. The molecule has 2 heterocycles. The van der Waals surface area contributed by atoms with Gasteiger partial charge in [0.2, 0.25) is 0 Å². The molecule has 2 aromatic rings. The Kier molecular flexibility index (Phi) is 4.38. The molecule has 2 bridgehead atoms. The van der Waals surface area contributed by atoms with Crippen LogP contribution in [0.3, 0.4) is 0 Å². The molecule has 152 valence electrons. The zero-order chi connectivity index (χ0) is 20.8. The summed E-state index contributed by atoms with van der Waals surface area (Å²) in [5.74, 6) is -0.104. The summed E-state index contributed by atoms with van der Waals surface area (Å²) in [6, 6.07) is 10.3. The van der Waals surface area contributed by atoms with Crippen molar-refractivity contribution < 1.29 is 23.5 Å². The Morgan fingerprint density at radius 3 is 2.23 bits per heavy atom. The molecular formula is C23H20N2O5. The fraction of sp³-hybridized carbons (Fsp3) is 0.304. The minimum Gasteiger partial charge on any atom is -0.465 e. The van der Waals surface area contributed by atoms with Gasteiger partial charge < -0.3 is 9.15 Å². The monoisotopic (exact) mass is 404 g/mol. The maximum Gasteiger partial charge on any atom is 0.337 e. The summed E-state index contributed by atoms with van der Waals surface area (Å²) in [7, 11) is 1.33. The summed E-state index contributed by atoms with van der Waals surface area (Å²) < 4.78 is 10.5. The number of hydrogen-bond acceptors (Lipinski definition) is 6. The highest BCUT2D eigenvalue weighted by molar-refractivity contribution is 6.06. The smallest absolute Gasteiger partial charge is 0.337 e. The molecule has 2 fully saturated rings. The molecule has 3 aliphatic carbocycles. The third-order valence-electron chi connectivity index (χ3n) is 6.25. The molecule has 1 aliphatic heterocycles. The second kappa shape index (κ2) is 7.09. The molecule has 1 aromatic heterocycles. The van der Waals surface area contributed by atoms with Gasteiger partial charge in [-0.1, -0.05) is 24.3 Å². The van der Waals surface area contributed by atoms with Crippen molar-refractivity contribution in [1.82, 2.24) is 5.01 Å². The highest BCUT2D eigenvalue weighted by atomic mass is 16.5. The molecule has 0 unspecified atom stereocenters. The lowest BCUT2D eigenvalue weighted by molar-refractivity contribution is -0.140. The number of fused-ring (bicyclic) bond motifs is 1. The number of amides is 2. The minimum absolute atomic E-state index is 0.139. The van der Waals surface area contributed by atoms with Gasteiger partial charge in [0, 0.05) is 5.56 Å². The predicted molar refractivity (Wildman–Crippen MR) is 107 cm³/mol. The molecule has 0 N–H and O–H groups in total. The van der Waals surface area contributed by atoms with Gasteiger partial charge in [-0.05, 0) is 48.9 Å². The van der Waals surface area contributed by atoms with Gasteiger partial charge in [-0.15, -0.1) is 0 Å². The lowest BCUT2D eigenvalue weighted by Crippen LogP contribution is -2.38. The normalized spacial score (nSPS) is 27.2. The van der Waals surface area contributed by atoms with Crippen molar-refractivity contribution >= 4 is 24.0 Å². The van der Waals surface area contributed by atoms with E-state index < -0.39 is 5.97 Å². The molecule has 30 heavy (non-hydrogen) atoms. The topological polar surface area (TPSA) is 89.2 Å². The van der Waals surface area contributed by atoms with Crippen LogP contribution in [0.15, 0.2) is 58.1 Å². The number of carbonyl (C=O) groups is 3. The molecule has 7 nitrogen and oxygen atoms in total. The van der Waals surface area contributed by atoms with Crippen LogP contribution in [-0.4, -0.2) is 36.1 Å². The third kappa shape index (κ3) is 2.89. The van der Waals surface area contributed by atoms with Crippen LogP contribution >= 0.6 is 0 Å². The third-order valence-corrected chi connectivity index (χ3v) is 6.25. The van der Waals surface area contributed by atoms with Gasteiger partial charge in [0.25, 0.3) is 11.8 Å². The second-order valence-electron chi connectivity index (χ2n) is 7.85. The highest BCUT2D eigenvalue weighted by Crippen LogP contribution is 2.49. The average Bonchev–Trinajstić information content (AvgIpc) is 3.37. The first-order valence-electron chi connectivity index (χ1n) is 9.95. The number of nitrogens with zero attached hydrogens (tertiary/aromatic N) is 2. The van der Waals surface area contributed by atoms with E-state index in [2.05, 4.69) is 17.3 Å². The number of methoxy groups -OCH3 is 1. The summed E-state index contributed by atoms with van der Waals surface area (Å²) >= 11 is 0. The Bertz CT molecular complexity index is 1050. The summed E-state index contributed by atoms with van der Waals surface area (Å²) in [6.45, 7) is 0. The van der Waals surface area contributed by atoms with E-state index in [1.807, 2.05) is 0 Å². The average molecular weight is 404 g/mol. The van der Waals surface area contributed by atoms with Gasteiger partial charge >= 0.3 is 5.97 Å². The van der Waals surface area contributed by atoms with Crippen molar-refractivity contribution in [1.29, 1.82) is 0 Å². The fourth-order valence-electron chi connectivity index (χ4n) is 4.75. The molecule has 1 aromatic carbocycles. The zero-order valence-corrected chi connectivity index (χ0v) is 16.4. The van der Waals surface area contributed by atoms with Crippen LogP contribution in [0.5, 0.6) is 0 Å². The Morgan fingerprint density at radius 2 is 1.67 bits per heavy atom. The molecule has 1 saturated carbocycles. The first-order valence-corrected chi connectivity index (χ1v) is 9.95. The lowest BCUT2D eigenvalue weighted by atomic mass is 9.63. The number of carbonyl (C=O) groups excluding carboxylic acids is 3. The van der Waals surface area contributed by atoms with Crippen LogP contribution in [0.4, 0.5) is 0 Å². The number of hydrazone groups is 1. The van der Waals surface area contributed by atoms with E-state index in [4.69, 9.17) is 9.15 Å². The van der Waals surface area contributed by atoms with E-state index in [1.54, 1.807) is 36.4 Å². The lowest BCUT2D eigenvalue weighted by Gasteiger charge is -2.37. The van der Waals surface area contributed by atoms with Gasteiger partial charge in [-0.25, -0.2) is 4.79 Å². The van der Waals surface area contributed by atoms with Crippen molar-refractivity contribution in [3.8, 4) is 11.3 Å². The summed E-state index contributed by atoms with van der Waals surface area (Å²) in [5, 5.41) is 5.17. The van der Waals surface area contributed by atoms with Crippen molar-refractivity contribution in [2.75, 3.05) is 7.11 Å². The molecule has 0 radical (unpaired) electrons. The second-order valence-corrected chi connectivity index (χ2v) is 7.85. The van der Waals surface area contributed by atoms with E-state index in [1.165, 1.54) is 13.3 Å². The summed E-state index contributed by atoms with van der Waals surface area (Å²) in [5.41, 5.74) is 1.23. The molecule has 2 amide bonds. The zero-order valence-electron chi connectivity index (χ0n) is 16.4. The Morgan fingerprint density at radius 1 is 1.03 bits per heavy atom. The molecule has 7 heteroatoms. The number of ether oxygens (including phenoxy) is 1. The van der Waals surface area contributed by atoms with Gasteiger partial charge in [-0.3, -0.25) is 9.59 Å². The van der Waals surface area contributed by atoms with Crippen molar-refractivity contribution in [3.63, 3.8) is 0 Å². The highest BCUT2D eigenvalue weighted by Gasteiger charge is 2.56. The van der Waals surface area contributed by atoms with Crippen LogP contribution in [0.2, 0.25) is 0 Å². The predicted octanol–water partition coefficient (Wildman–Crippen LogP) is 3.26. The fourth-order valence-corrected chi connectivity index (χ4v) is 4.75. The SMILES string of the molecule is COC(=O)c1ccc(-c2ccc(/C=N\N3C(=O)[C@@H]4[C@H](C3=O)[C@@H]3C=C[C@H]4CC3)o2)cc1. The van der Waals surface area contributed by atoms with E-state index in [9.17, 15) is 14.4 Å². The van der Waals surface area contributed by atoms with Crippen molar-refractivity contribution in [3.05, 3.63) is 59.9 Å². The van der Waals surface area contributed by atoms with E-state index in [0.29, 0.717) is 17.1 Å². The van der Waals surface area contributed by atoms with Gasteiger partial charge in [0.15, 0.2) is 0 Å². The van der Waals surface area contributed by atoms with Crippen LogP contribution in [0.1, 0.15) is 29.0 Å². The largest absolute Gasteiger partial charge is 0.465 e. The Labute approximate surface area is 173 Å². The standard InChI is InChI=1S/C23H20N2O5/c1-29-23(28)16-8-2-13(3-9-16)18-11-10-17(30-18)12-24-25-21(26)19-14-4-5-15(7-6-14)20(19)22(25)27/h2-5,8-12,14-15,19-20H,6-7H2,1H3/b24-12-/t14-,15+,19-,20+. The molecule has 4 aliphatic rings. The van der Waals surface area contributed by atoms with E-state index >= 15 is 0 Å². The molecule has 0 spiro atoms. The number of benzene rings is 1. The number of rotatable bonds is 4. The van der Waals surface area contributed by atoms with Crippen LogP contribution < -0.4 is 0 Å². The summed E-state index contributed by atoms with van der Waals surface area (Å²) in [4.78, 5) is 37.1. The number of furan rings is 1.